The SMILES string of the molecule is C/C=C1/C[C@@H]2C[C@H](OC(C)C)[C@H]1C2. The highest BCUT2D eigenvalue weighted by Crippen LogP contribution is 2.49. The molecule has 2 bridgehead atoms. The quantitative estimate of drug-likeness (QED) is 0.593. The molecule has 0 saturated heterocycles. The standard InChI is InChI=1S/C12H20O/c1-4-10-5-9-6-11(10)12(7-9)13-8(2)3/h4,8-9,11-12H,5-7H2,1-3H3/b10-4-/t9-,11-,12-/m0/s1. The molecule has 2 rings (SSSR count). The normalized spacial score (nSPS) is 40.9. The van der Waals surface area contributed by atoms with Crippen molar-refractivity contribution < 1.29 is 4.74 Å². The summed E-state index contributed by atoms with van der Waals surface area (Å²) < 4.78 is 5.94. The monoisotopic (exact) mass is 180 g/mol. The van der Waals surface area contributed by atoms with Crippen LogP contribution in [0.2, 0.25) is 0 Å². The fourth-order valence-corrected chi connectivity index (χ4v) is 2.97. The second-order valence-electron chi connectivity index (χ2n) is 4.73. The van der Waals surface area contributed by atoms with Gasteiger partial charge in [0, 0.05) is 5.92 Å². The van der Waals surface area contributed by atoms with Crippen molar-refractivity contribution in [2.75, 3.05) is 0 Å². The average Bonchev–Trinajstić information content (AvgIpc) is 2.60. The minimum absolute atomic E-state index is 0.391. The molecule has 2 fully saturated rings. The fourth-order valence-electron chi connectivity index (χ4n) is 2.97. The average molecular weight is 180 g/mol. The first-order chi connectivity index (χ1) is 6.20. The zero-order valence-corrected chi connectivity index (χ0v) is 8.92. The molecule has 1 nitrogen and oxygen atoms in total. The van der Waals surface area contributed by atoms with Crippen molar-refractivity contribution in [3.63, 3.8) is 0 Å². The van der Waals surface area contributed by atoms with E-state index in [1.807, 2.05) is 0 Å². The lowest BCUT2D eigenvalue weighted by Crippen LogP contribution is -2.25. The van der Waals surface area contributed by atoms with Gasteiger partial charge < -0.3 is 4.74 Å². The van der Waals surface area contributed by atoms with Crippen molar-refractivity contribution in [1.29, 1.82) is 0 Å². The topological polar surface area (TPSA) is 9.23 Å². The maximum Gasteiger partial charge on any atom is 0.0646 e. The Morgan fingerprint density at radius 3 is 2.69 bits per heavy atom. The van der Waals surface area contributed by atoms with Crippen LogP contribution in [0.3, 0.4) is 0 Å². The van der Waals surface area contributed by atoms with E-state index in [9.17, 15) is 0 Å². The molecule has 0 heterocycles. The third kappa shape index (κ3) is 1.67. The van der Waals surface area contributed by atoms with Gasteiger partial charge in [-0.15, -0.1) is 0 Å². The first-order valence-corrected chi connectivity index (χ1v) is 5.51. The molecule has 0 N–H and O–H groups in total. The van der Waals surface area contributed by atoms with Crippen LogP contribution in [0, 0.1) is 11.8 Å². The Labute approximate surface area is 81.2 Å². The van der Waals surface area contributed by atoms with Crippen LogP contribution in [0.15, 0.2) is 11.6 Å². The summed E-state index contributed by atoms with van der Waals surface area (Å²) in [5, 5.41) is 0. The molecule has 2 aliphatic carbocycles. The first kappa shape index (κ1) is 9.26. The summed E-state index contributed by atoms with van der Waals surface area (Å²) in [6, 6.07) is 0. The number of hydrogen-bond acceptors (Lipinski definition) is 1. The summed E-state index contributed by atoms with van der Waals surface area (Å²) in [7, 11) is 0. The van der Waals surface area contributed by atoms with Crippen molar-refractivity contribution >= 4 is 0 Å². The van der Waals surface area contributed by atoms with E-state index in [0.717, 1.165) is 11.8 Å². The van der Waals surface area contributed by atoms with Gasteiger partial charge in [0.25, 0.3) is 0 Å². The van der Waals surface area contributed by atoms with E-state index >= 15 is 0 Å². The second kappa shape index (κ2) is 3.45. The van der Waals surface area contributed by atoms with Crippen LogP contribution in [0.4, 0.5) is 0 Å². The Morgan fingerprint density at radius 1 is 1.38 bits per heavy atom. The van der Waals surface area contributed by atoms with Crippen LogP contribution < -0.4 is 0 Å². The Morgan fingerprint density at radius 2 is 2.15 bits per heavy atom. The van der Waals surface area contributed by atoms with E-state index in [-0.39, 0.29) is 0 Å². The van der Waals surface area contributed by atoms with Gasteiger partial charge >= 0.3 is 0 Å². The molecular weight excluding hydrogens is 160 g/mol. The molecule has 0 aromatic heterocycles. The van der Waals surface area contributed by atoms with Gasteiger partial charge in [-0.1, -0.05) is 11.6 Å². The largest absolute Gasteiger partial charge is 0.375 e. The zero-order chi connectivity index (χ0) is 9.42. The molecule has 0 amide bonds. The molecule has 3 atom stereocenters. The van der Waals surface area contributed by atoms with Gasteiger partial charge in [-0.25, -0.2) is 0 Å². The molecule has 0 aromatic rings. The molecule has 0 aliphatic heterocycles. The van der Waals surface area contributed by atoms with Crippen LogP contribution >= 0.6 is 0 Å². The van der Waals surface area contributed by atoms with Crippen LogP contribution in [-0.2, 0) is 4.74 Å². The van der Waals surface area contributed by atoms with Crippen molar-refractivity contribution in [2.24, 2.45) is 11.8 Å². The fraction of sp³-hybridized carbons (Fsp3) is 0.833. The minimum atomic E-state index is 0.391. The summed E-state index contributed by atoms with van der Waals surface area (Å²) >= 11 is 0. The van der Waals surface area contributed by atoms with Gasteiger partial charge in [0.05, 0.1) is 12.2 Å². The molecule has 0 radical (unpaired) electrons. The number of allylic oxidation sites excluding steroid dienone is 1. The molecule has 2 saturated carbocycles. The van der Waals surface area contributed by atoms with E-state index in [4.69, 9.17) is 4.74 Å². The maximum atomic E-state index is 5.94. The summed E-state index contributed by atoms with van der Waals surface area (Å²) in [5.74, 6) is 1.69. The Balaban J connectivity index is 2.02. The predicted molar refractivity (Wildman–Crippen MR) is 54.6 cm³/mol. The number of hydrogen-bond donors (Lipinski definition) is 0. The molecular formula is C12H20O. The van der Waals surface area contributed by atoms with Crippen LogP contribution in [0.25, 0.3) is 0 Å². The first-order valence-electron chi connectivity index (χ1n) is 5.51. The van der Waals surface area contributed by atoms with Gasteiger partial charge in [0.2, 0.25) is 0 Å². The third-order valence-electron chi connectivity index (χ3n) is 3.42. The van der Waals surface area contributed by atoms with Gasteiger partial charge in [0.15, 0.2) is 0 Å². The molecule has 0 unspecified atom stereocenters. The zero-order valence-electron chi connectivity index (χ0n) is 8.92. The predicted octanol–water partition coefficient (Wildman–Crippen LogP) is 3.16. The minimum Gasteiger partial charge on any atom is -0.375 e. The van der Waals surface area contributed by atoms with E-state index in [1.165, 1.54) is 19.3 Å². The van der Waals surface area contributed by atoms with Gasteiger partial charge in [0.1, 0.15) is 0 Å². The van der Waals surface area contributed by atoms with Crippen molar-refractivity contribution in [2.45, 2.75) is 52.2 Å². The summed E-state index contributed by atoms with van der Waals surface area (Å²) in [5.41, 5.74) is 1.65. The van der Waals surface area contributed by atoms with E-state index < -0.39 is 0 Å². The second-order valence-corrected chi connectivity index (χ2v) is 4.73. The molecule has 0 aromatic carbocycles. The smallest absolute Gasteiger partial charge is 0.0646 e. The highest BCUT2D eigenvalue weighted by molar-refractivity contribution is 5.18. The lowest BCUT2D eigenvalue weighted by Gasteiger charge is -2.26. The van der Waals surface area contributed by atoms with Crippen LogP contribution in [-0.4, -0.2) is 12.2 Å². The van der Waals surface area contributed by atoms with E-state index in [2.05, 4.69) is 26.8 Å². The number of rotatable bonds is 2. The lowest BCUT2D eigenvalue weighted by atomic mass is 9.92. The molecule has 13 heavy (non-hydrogen) atoms. The van der Waals surface area contributed by atoms with E-state index in [0.29, 0.717) is 12.2 Å². The van der Waals surface area contributed by atoms with Crippen molar-refractivity contribution in [3.8, 4) is 0 Å². The Bertz CT molecular complexity index is 217. The van der Waals surface area contributed by atoms with Crippen LogP contribution in [0.5, 0.6) is 0 Å². The summed E-state index contributed by atoms with van der Waals surface area (Å²) in [6.07, 6.45) is 7.27. The molecule has 2 aliphatic rings. The lowest BCUT2D eigenvalue weighted by molar-refractivity contribution is -0.0116. The summed E-state index contributed by atoms with van der Waals surface area (Å²) in [6.45, 7) is 6.45. The number of ether oxygens (including phenoxy) is 1. The highest BCUT2D eigenvalue weighted by Gasteiger charge is 2.43. The van der Waals surface area contributed by atoms with Gasteiger partial charge in [-0.3, -0.25) is 0 Å². The number of fused-ring (bicyclic) bond motifs is 2. The van der Waals surface area contributed by atoms with Gasteiger partial charge in [-0.05, 0) is 46.0 Å². The molecule has 0 spiro atoms. The van der Waals surface area contributed by atoms with Crippen LogP contribution in [0.1, 0.15) is 40.0 Å². The molecule has 1 heteroatoms. The highest BCUT2D eigenvalue weighted by atomic mass is 16.5. The third-order valence-corrected chi connectivity index (χ3v) is 3.42. The van der Waals surface area contributed by atoms with E-state index in [1.54, 1.807) is 5.57 Å². The van der Waals surface area contributed by atoms with Crippen molar-refractivity contribution in [1.82, 2.24) is 0 Å². The Kier molecular flexibility index (Phi) is 2.46. The Hall–Kier alpha value is -0.300. The van der Waals surface area contributed by atoms with Gasteiger partial charge in [-0.2, -0.15) is 0 Å². The molecule has 74 valence electrons. The summed E-state index contributed by atoms with van der Waals surface area (Å²) in [4.78, 5) is 0. The van der Waals surface area contributed by atoms with Crippen molar-refractivity contribution in [3.05, 3.63) is 11.6 Å². The maximum absolute atomic E-state index is 5.94.